The van der Waals surface area contributed by atoms with Crippen molar-refractivity contribution in [2.45, 2.75) is 24.5 Å². The summed E-state index contributed by atoms with van der Waals surface area (Å²) in [5.74, 6) is 0.802. The molecule has 0 aliphatic heterocycles. The largest absolute Gasteiger partial charge is 0.264 e. The van der Waals surface area contributed by atoms with Crippen molar-refractivity contribution < 1.29 is 0 Å². The lowest BCUT2D eigenvalue weighted by Gasteiger charge is -2.20. The van der Waals surface area contributed by atoms with Gasteiger partial charge >= 0.3 is 0 Å². The molecule has 0 bridgehead atoms. The van der Waals surface area contributed by atoms with Gasteiger partial charge in [-0.15, -0.1) is 0 Å². The van der Waals surface area contributed by atoms with Crippen LogP contribution in [0.1, 0.15) is 18.9 Å². The van der Waals surface area contributed by atoms with E-state index in [1.165, 1.54) is 5.56 Å². The van der Waals surface area contributed by atoms with Crippen LogP contribution in [0.2, 0.25) is 0 Å². The summed E-state index contributed by atoms with van der Waals surface area (Å²) < 4.78 is 0.0267. The number of aromatic nitrogens is 1. The van der Waals surface area contributed by atoms with E-state index >= 15 is 0 Å². The van der Waals surface area contributed by atoms with Gasteiger partial charge in [0.15, 0.2) is 0 Å². The lowest BCUT2D eigenvalue weighted by atomic mass is 10.0. The molecule has 0 spiro atoms. The molecular formula is C10H15NS2. The second-order valence-electron chi connectivity index (χ2n) is 3.52. The van der Waals surface area contributed by atoms with E-state index in [0.717, 1.165) is 18.6 Å². The second-order valence-corrected chi connectivity index (χ2v) is 4.91. The maximum absolute atomic E-state index is 4.52. The van der Waals surface area contributed by atoms with Crippen LogP contribution in [0.15, 0.2) is 24.5 Å². The standard InChI is InChI=1S/C10H15NS2/c1-10(13,8-12)5-4-9-3-2-6-11-7-9/h2-3,6-7,12-13H,4-5,8H2,1H3/t10-/m1/s1. The van der Waals surface area contributed by atoms with E-state index in [9.17, 15) is 0 Å². The Kier molecular flexibility index (Phi) is 4.13. The predicted octanol–water partition coefficient (Wildman–Crippen LogP) is 2.63. The van der Waals surface area contributed by atoms with Gasteiger partial charge < -0.3 is 0 Å². The highest BCUT2D eigenvalue weighted by molar-refractivity contribution is 7.85. The molecule has 1 aromatic heterocycles. The first-order valence-corrected chi connectivity index (χ1v) is 5.44. The van der Waals surface area contributed by atoms with Gasteiger partial charge in [-0.25, -0.2) is 0 Å². The van der Waals surface area contributed by atoms with Gasteiger partial charge in [-0.2, -0.15) is 25.3 Å². The Morgan fingerprint density at radius 3 is 2.85 bits per heavy atom. The third-order valence-corrected chi connectivity index (χ3v) is 3.34. The van der Waals surface area contributed by atoms with Crippen molar-refractivity contribution in [1.29, 1.82) is 0 Å². The molecule has 0 saturated heterocycles. The van der Waals surface area contributed by atoms with Crippen molar-refractivity contribution >= 4 is 25.3 Å². The van der Waals surface area contributed by atoms with Crippen molar-refractivity contribution in [3.05, 3.63) is 30.1 Å². The maximum Gasteiger partial charge on any atom is 0.0299 e. The van der Waals surface area contributed by atoms with Gasteiger partial charge in [0.2, 0.25) is 0 Å². The first-order valence-electron chi connectivity index (χ1n) is 4.36. The molecule has 0 unspecified atom stereocenters. The molecular weight excluding hydrogens is 198 g/mol. The Morgan fingerprint density at radius 2 is 2.31 bits per heavy atom. The second kappa shape index (κ2) is 4.91. The minimum atomic E-state index is 0.0267. The van der Waals surface area contributed by atoms with Crippen LogP contribution >= 0.6 is 25.3 Å². The summed E-state index contributed by atoms with van der Waals surface area (Å²) in [6, 6.07) is 4.06. The molecule has 1 heterocycles. The highest BCUT2D eigenvalue weighted by Gasteiger charge is 2.16. The summed E-state index contributed by atoms with van der Waals surface area (Å²) in [4.78, 5) is 4.07. The van der Waals surface area contributed by atoms with Gasteiger partial charge in [0.1, 0.15) is 0 Å². The number of hydrogen-bond donors (Lipinski definition) is 2. The van der Waals surface area contributed by atoms with E-state index in [0.29, 0.717) is 0 Å². The maximum atomic E-state index is 4.52. The van der Waals surface area contributed by atoms with Crippen molar-refractivity contribution in [3.63, 3.8) is 0 Å². The highest BCUT2D eigenvalue weighted by atomic mass is 32.1. The molecule has 0 aromatic carbocycles. The summed E-state index contributed by atoms with van der Waals surface area (Å²) >= 11 is 8.78. The van der Waals surface area contributed by atoms with Crippen LogP contribution in [-0.2, 0) is 6.42 Å². The Balaban J connectivity index is 2.44. The van der Waals surface area contributed by atoms with E-state index in [4.69, 9.17) is 0 Å². The van der Waals surface area contributed by atoms with Gasteiger partial charge in [0, 0.05) is 22.9 Å². The van der Waals surface area contributed by atoms with Gasteiger partial charge in [0.05, 0.1) is 0 Å². The third-order valence-electron chi connectivity index (χ3n) is 2.02. The summed E-state index contributed by atoms with van der Waals surface area (Å²) in [7, 11) is 0. The average Bonchev–Trinajstić information content (AvgIpc) is 2.17. The Labute approximate surface area is 90.8 Å². The minimum absolute atomic E-state index is 0.0267. The Bertz CT molecular complexity index is 246. The topological polar surface area (TPSA) is 12.9 Å². The molecule has 0 N–H and O–H groups in total. The normalized spacial score (nSPS) is 15.3. The lowest BCUT2D eigenvalue weighted by Crippen LogP contribution is -2.19. The molecule has 3 heteroatoms. The summed E-state index contributed by atoms with van der Waals surface area (Å²) in [5.41, 5.74) is 1.27. The quantitative estimate of drug-likeness (QED) is 0.733. The molecule has 1 atom stereocenters. The lowest BCUT2D eigenvalue weighted by molar-refractivity contribution is 0.654. The van der Waals surface area contributed by atoms with Gasteiger partial charge in [-0.05, 0) is 31.4 Å². The van der Waals surface area contributed by atoms with Crippen LogP contribution in [0.25, 0.3) is 0 Å². The van der Waals surface area contributed by atoms with Crippen LogP contribution < -0.4 is 0 Å². The molecule has 0 fully saturated rings. The molecule has 0 aliphatic rings. The first kappa shape index (κ1) is 10.9. The Hall–Kier alpha value is -0.150. The number of thiol groups is 2. The van der Waals surface area contributed by atoms with Crippen molar-refractivity contribution in [2.24, 2.45) is 0 Å². The van der Waals surface area contributed by atoms with Gasteiger partial charge in [0.25, 0.3) is 0 Å². The number of rotatable bonds is 4. The molecule has 0 saturated carbocycles. The molecule has 72 valence electrons. The SMILES string of the molecule is C[C@](S)(CS)CCc1cccnc1. The number of nitrogens with zero attached hydrogens (tertiary/aromatic N) is 1. The monoisotopic (exact) mass is 213 g/mol. The molecule has 1 rings (SSSR count). The van der Waals surface area contributed by atoms with Gasteiger partial charge in [-0.3, -0.25) is 4.98 Å². The Morgan fingerprint density at radius 1 is 1.54 bits per heavy atom. The molecule has 0 aliphatic carbocycles. The van der Waals surface area contributed by atoms with Crippen molar-refractivity contribution in [1.82, 2.24) is 4.98 Å². The minimum Gasteiger partial charge on any atom is -0.264 e. The first-order chi connectivity index (χ1) is 6.14. The third kappa shape index (κ3) is 4.05. The zero-order chi connectivity index (χ0) is 9.73. The summed E-state index contributed by atoms with van der Waals surface area (Å²) in [6.45, 7) is 2.11. The number of pyridine rings is 1. The zero-order valence-electron chi connectivity index (χ0n) is 7.77. The van der Waals surface area contributed by atoms with Crippen LogP contribution in [0.4, 0.5) is 0 Å². The van der Waals surface area contributed by atoms with E-state index in [1.807, 2.05) is 12.3 Å². The highest BCUT2D eigenvalue weighted by Crippen LogP contribution is 2.21. The summed E-state index contributed by atoms with van der Waals surface area (Å²) in [5, 5.41) is 0. The van der Waals surface area contributed by atoms with E-state index in [2.05, 4.69) is 43.2 Å². The molecule has 0 radical (unpaired) electrons. The van der Waals surface area contributed by atoms with Crippen LogP contribution in [0, 0.1) is 0 Å². The zero-order valence-corrected chi connectivity index (χ0v) is 9.56. The van der Waals surface area contributed by atoms with E-state index < -0.39 is 0 Å². The van der Waals surface area contributed by atoms with Crippen LogP contribution in [-0.4, -0.2) is 15.5 Å². The smallest absolute Gasteiger partial charge is 0.0299 e. The molecule has 1 aromatic rings. The van der Waals surface area contributed by atoms with Crippen LogP contribution in [0.5, 0.6) is 0 Å². The molecule has 0 amide bonds. The fourth-order valence-corrected chi connectivity index (χ4v) is 1.31. The molecule has 13 heavy (non-hydrogen) atoms. The fourth-order valence-electron chi connectivity index (χ4n) is 1.04. The summed E-state index contributed by atoms with van der Waals surface area (Å²) in [6.07, 6.45) is 5.75. The average molecular weight is 213 g/mol. The fraction of sp³-hybridized carbons (Fsp3) is 0.500. The van der Waals surface area contributed by atoms with Crippen LogP contribution in [0.3, 0.4) is 0 Å². The van der Waals surface area contributed by atoms with E-state index in [-0.39, 0.29) is 4.75 Å². The van der Waals surface area contributed by atoms with E-state index in [1.54, 1.807) is 6.20 Å². The van der Waals surface area contributed by atoms with Gasteiger partial charge in [-0.1, -0.05) is 6.07 Å². The van der Waals surface area contributed by atoms with Crippen molar-refractivity contribution in [2.75, 3.05) is 5.75 Å². The number of aryl methyl sites for hydroxylation is 1. The number of hydrogen-bond acceptors (Lipinski definition) is 3. The predicted molar refractivity (Wildman–Crippen MR) is 63.8 cm³/mol. The van der Waals surface area contributed by atoms with Crippen molar-refractivity contribution in [3.8, 4) is 0 Å². The molecule has 1 nitrogen and oxygen atoms in total.